The van der Waals surface area contributed by atoms with E-state index in [1.165, 1.54) is 6.08 Å². The van der Waals surface area contributed by atoms with Gasteiger partial charge in [-0.2, -0.15) is 0 Å². The number of benzene rings is 1. The number of nitrogens with zero attached hydrogens (tertiary/aromatic N) is 2. The number of aromatic amines is 1. The number of methoxy groups -OCH3 is 1. The van der Waals surface area contributed by atoms with Crippen LogP contribution in [0, 0.1) is 12.8 Å². The molecule has 6 nitrogen and oxygen atoms in total. The lowest BCUT2D eigenvalue weighted by Gasteiger charge is -2.31. The molecule has 1 saturated heterocycles. The van der Waals surface area contributed by atoms with Crippen LogP contribution in [-0.4, -0.2) is 46.8 Å². The van der Waals surface area contributed by atoms with E-state index in [0.29, 0.717) is 18.7 Å². The third-order valence-corrected chi connectivity index (χ3v) is 4.73. The van der Waals surface area contributed by atoms with Crippen molar-refractivity contribution in [2.45, 2.75) is 19.8 Å². The van der Waals surface area contributed by atoms with Crippen molar-refractivity contribution < 1.29 is 14.3 Å². The van der Waals surface area contributed by atoms with Gasteiger partial charge in [0, 0.05) is 30.6 Å². The molecule has 0 saturated carbocycles. The normalized spacial score (nSPS) is 17.5. The highest BCUT2D eigenvalue weighted by atomic mass is 16.5. The number of hydrogen-bond acceptors (Lipinski definition) is 4. The number of amides is 1. The summed E-state index contributed by atoms with van der Waals surface area (Å²) in [5.41, 5.74) is 2.38. The van der Waals surface area contributed by atoms with Gasteiger partial charge >= 0.3 is 0 Å². The van der Waals surface area contributed by atoms with Gasteiger partial charge < -0.3 is 14.6 Å². The molecule has 0 radical (unpaired) electrons. The van der Waals surface area contributed by atoms with Gasteiger partial charge in [-0.25, -0.2) is 4.98 Å². The number of hydrogen-bond donors (Lipinski definition) is 1. The molecule has 1 unspecified atom stereocenters. The van der Waals surface area contributed by atoms with Gasteiger partial charge in [0.2, 0.25) is 5.91 Å². The highest BCUT2D eigenvalue weighted by Crippen LogP contribution is 2.25. The number of rotatable bonds is 5. The SMILES string of the molecule is COc1ccc(C(=O)C2CCCN(C(=O)/C=C/c3cnc[nH]3)C2)c(C)c1. The van der Waals surface area contributed by atoms with E-state index < -0.39 is 0 Å². The van der Waals surface area contributed by atoms with Crippen molar-refractivity contribution in [3.63, 3.8) is 0 Å². The Balaban J connectivity index is 1.67. The van der Waals surface area contributed by atoms with Gasteiger partial charge in [-0.1, -0.05) is 0 Å². The summed E-state index contributed by atoms with van der Waals surface area (Å²) in [6.07, 6.45) is 8.08. The largest absolute Gasteiger partial charge is 0.497 e. The van der Waals surface area contributed by atoms with E-state index in [9.17, 15) is 9.59 Å². The molecule has 1 aliphatic heterocycles. The van der Waals surface area contributed by atoms with Crippen LogP contribution >= 0.6 is 0 Å². The van der Waals surface area contributed by atoms with Crippen molar-refractivity contribution in [3.8, 4) is 5.75 Å². The highest BCUT2D eigenvalue weighted by Gasteiger charge is 2.29. The van der Waals surface area contributed by atoms with Crippen molar-refractivity contribution in [1.82, 2.24) is 14.9 Å². The zero-order chi connectivity index (χ0) is 18.5. The molecule has 1 aromatic heterocycles. The molecule has 1 atom stereocenters. The van der Waals surface area contributed by atoms with Gasteiger partial charge in [-0.3, -0.25) is 9.59 Å². The minimum atomic E-state index is -0.166. The number of ether oxygens (including phenoxy) is 1. The molecule has 2 heterocycles. The highest BCUT2D eigenvalue weighted by molar-refractivity contribution is 6.00. The number of carbonyl (C=O) groups excluding carboxylic acids is 2. The number of Topliss-reactive ketones (excluding diaryl/α,β-unsaturated/α-hetero) is 1. The van der Waals surface area contributed by atoms with Gasteiger partial charge in [0.25, 0.3) is 0 Å². The van der Waals surface area contributed by atoms with Crippen molar-refractivity contribution in [1.29, 1.82) is 0 Å². The van der Waals surface area contributed by atoms with Crippen LogP contribution in [0.25, 0.3) is 6.08 Å². The van der Waals surface area contributed by atoms with Crippen molar-refractivity contribution in [2.75, 3.05) is 20.2 Å². The summed E-state index contributed by atoms with van der Waals surface area (Å²) < 4.78 is 5.20. The second-order valence-electron chi connectivity index (χ2n) is 6.51. The maximum atomic E-state index is 12.9. The standard InChI is InChI=1S/C20H23N3O3/c1-14-10-17(26-2)6-7-18(14)20(25)15-4-3-9-23(12-15)19(24)8-5-16-11-21-13-22-16/h5-8,10-11,13,15H,3-4,9,12H2,1-2H3,(H,21,22)/b8-5+. The van der Waals surface area contributed by atoms with Crippen LogP contribution in [0.3, 0.4) is 0 Å². The molecule has 0 aliphatic carbocycles. The molecular formula is C20H23N3O3. The van der Waals surface area contributed by atoms with Crippen LogP contribution in [-0.2, 0) is 4.79 Å². The predicted molar refractivity (Wildman–Crippen MR) is 99.0 cm³/mol. The Morgan fingerprint density at radius 2 is 2.23 bits per heavy atom. The third kappa shape index (κ3) is 4.02. The molecular weight excluding hydrogens is 330 g/mol. The molecule has 1 aliphatic rings. The zero-order valence-electron chi connectivity index (χ0n) is 15.1. The fraction of sp³-hybridized carbons (Fsp3) is 0.350. The van der Waals surface area contributed by atoms with E-state index in [4.69, 9.17) is 4.74 Å². The van der Waals surface area contributed by atoms with Crippen molar-refractivity contribution in [3.05, 3.63) is 53.6 Å². The predicted octanol–water partition coefficient (Wildman–Crippen LogP) is 2.86. The van der Waals surface area contributed by atoms with Crippen LogP contribution in [0.15, 0.2) is 36.8 Å². The van der Waals surface area contributed by atoms with Gasteiger partial charge in [-0.15, -0.1) is 0 Å². The molecule has 1 fully saturated rings. The Hall–Kier alpha value is -2.89. The lowest BCUT2D eigenvalue weighted by atomic mass is 9.88. The molecule has 3 rings (SSSR count). The smallest absolute Gasteiger partial charge is 0.246 e. The lowest BCUT2D eigenvalue weighted by molar-refractivity contribution is -0.127. The average Bonchev–Trinajstić information content (AvgIpc) is 3.19. The molecule has 136 valence electrons. The summed E-state index contributed by atoms with van der Waals surface area (Å²) in [4.78, 5) is 33.9. The summed E-state index contributed by atoms with van der Waals surface area (Å²) in [6, 6.07) is 5.49. The van der Waals surface area contributed by atoms with Crippen LogP contribution in [0.1, 0.15) is 34.5 Å². The fourth-order valence-electron chi connectivity index (χ4n) is 3.28. The first-order valence-corrected chi connectivity index (χ1v) is 8.72. The first-order chi connectivity index (χ1) is 12.6. The van der Waals surface area contributed by atoms with Gasteiger partial charge in [0.15, 0.2) is 5.78 Å². The summed E-state index contributed by atoms with van der Waals surface area (Å²) >= 11 is 0. The second kappa shape index (κ2) is 7.99. The van der Waals surface area contributed by atoms with Crippen LogP contribution < -0.4 is 4.74 Å². The Labute approximate surface area is 152 Å². The number of imidazole rings is 1. The number of piperidine rings is 1. The van der Waals surface area contributed by atoms with Crippen LogP contribution in [0.4, 0.5) is 0 Å². The molecule has 2 aromatic rings. The molecule has 6 heteroatoms. The van der Waals surface area contributed by atoms with E-state index >= 15 is 0 Å². The van der Waals surface area contributed by atoms with Crippen molar-refractivity contribution in [2.24, 2.45) is 5.92 Å². The number of nitrogens with one attached hydrogen (secondary N) is 1. The monoisotopic (exact) mass is 353 g/mol. The number of H-pyrrole nitrogens is 1. The number of ketones is 1. The minimum absolute atomic E-state index is 0.0800. The minimum Gasteiger partial charge on any atom is -0.497 e. The van der Waals surface area contributed by atoms with Crippen molar-refractivity contribution >= 4 is 17.8 Å². The van der Waals surface area contributed by atoms with Gasteiger partial charge in [0.1, 0.15) is 5.75 Å². The Bertz CT molecular complexity index is 812. The van der Waals surface area contributed by atoms with Gasteiger partial charge in [0.05, 0.1) is 25.3 Å². The number of aryl methyl sites for hydroxylation is 1. The van der Waals surface area contributed by atoms with Crippen LogP contribution in [0.2, 0.25) is 0 Å². The Morgan fingerprint density at radius 1 is 1.38 bits per heavy atom. The van der Waals surface area contributed by atoms with E-state index in [1.54, 1.807) is 36.7 Å². The Morgan fingerprint density at radius 3 is 2.92 bits per heavy atom. The van der Waals surface area contributed by atoms with E-state index in [0.717, 1.165) is 29.8 Å². The number of carbonyl (C=O) groups is 2. The molecule has 1 aromatic carbocycles. The number of aromatic nitrogens is 2. The van der Waals surface area contributed by atoms with Gasteiger partial charge in [-0.05, 0) is 49.6 Å². The first-order valence-electron chi connectivity index (χ1n) is 8.72. The topological polar surface area (TPSA) is 75.3 Å². The van der Waals surface area contributed by atoms with E-state index in [1.807, 2.05) is 19.1 Å². The Kier molecular flexibility index (Phi) is 5.51. The molecule has 26 heavy (non-hydrogen) atoms. The van der Waals surface area contributed by atoms with E-state index in [-0.39, 0.29) is 17.6 Å². The third-order valence-electron chi connectivity index (χ3n) is 4.73. The summed E-state index contributed by atoms with van der Waals surface area (Å²) in [6.45, 7) is 3.04. The zero-order valence-corrected chi connectivity index (χ0v) is 15.1. The summed E-state index contributed by atoms with van der Waals surface area (Å²) in [7, 11) is 1.61. The second-order valence-corrected chi connectivity index (χ2v) is 6.51. The molecule has 0 spiro atoms. The maximum absolute atomic E-state index is 12.9. The quantitative estimate of drug-likeness (QED) is 0.662. The number of likely N-dealkylation sites (tertiary alicyclic amines) is 1. The molecule has 0 bridgehead atoms. The summed E-state index contributed by atoms with van der Waals surface area (Å²) in [5, 5.41) is 0. The maximum Gasteiger partial charge on any atom is 0.246 e. The average molecular weight is 353 g/mol. The first kappa shape index (κ1) is 17.9. The van der Waals surface area contributed by atoms with E-state index in [2.05, 4.69) is 9.97 Å². The molecule has 1 amide bonds. The summed E-state index contributed by atoms with van der Waals surface area (Å²) in [5.74, 6) is 0.590. The van der Waals surface area contributed by atoms with Crippen LogP contribution in [0.5, 0.6) is 5.75 Å². The lowest BCUT2D eigenvalue weighted by Crippen LogP contribution is -2.41. The fourth-order valence-corrected chi connectivity index (χ4v) is 3.28. The molecule has 1 N–H and O–H groups in total.